The minimum Gasteiger partial charge on any atom is -0.403 e. The molecule has 1 aromatic heterocycles. The van der Waals surface area contributed by atoms with E-state index in [0.717, 1.165) is 43.0 Å². The zero-order chi connectivity index (χ0) is 22.5. The monoisotopic (exact) mass is 449 g/mol. The fourth-order valence-electron chi connectivity index (χ4n) is 3.47. The summed E-state index contributed by atoms with van der Waals surface area (Å²) in [5.74, 6) is -1.67. The number of aliphatic imine (C=N–C) groups is 1. The number of carbonyl (C=O) groups is 1. The van der Waals surface area contributed by atoms with Gasteiger partial charge in [0.1, 0.15) is 27.5 Å². The van der Waals surface area contributed by atoms with E-state index in [9.17, 15) is 13.6 Å². The number of benzene rings is 1. The molecular weight excluding hydrogens is 424 g/mol. The number of nitrogen functional groups attached to an aromatic ring is 1. The first-order chi connectivity index (χ1) is 14.9. The van der Waals surface area contributed by atoms with Gasteiger partial charge < -0.3 is 27.0 Å². The Kier molecular flexibility index (Phi) is 7.18. The van der Waals surface area contributed by atoms with Gasteiger partial charge in [0.15, 0.2) is 5.69 Å². The highest BCUT2D eigenvalue weighted by Gasteiger charge is 2.28. The Morgan fingerprint density at radius 2 is 2.16 bits per heavy atom. The van der Waals surface area contributed by atoms with Crippen LogP contribution in [0.4, 0.5) is 13.8 Å². The molecule has 8 nitrogen and oxygen atoms in total. The molecule has 0 radical (unpaired) electrons. The van der Waals surface area contributed by atoms with Gasteiger partial charge in [0, 0.05) is 38.9 Å². The Morgan fingerprint density at radius 3 is 2.77 bits per heavy atom. The van der Waals surface area contributed by atoms with Gasteiger partial charge in [-0.15, -0.1) is 0 Å². The van der Waals surface area contributed by atoms with Crippen LogP contribution in [0.25, 0.3) is 10.6 Å². The highest BCUT2D eigenvalue weighted by Crippen LogP contribution is 2.33. The van der Waals surface area contributed by atoms with E-state index in [1.165, 1.54) is 12.3 Å². The number of nitrogens with two attached hydrogens (primary N) is 2. The van der Waals surface area contributed by atoms with Crippen molar-refractivity contribution in [1.82, 2.24) is 20.5 Å². The molecular formula is C20H25F2N7OS. The topological polar surface area (TPSA) is 122 Å². The van der Waals surface area contributed by atoms with Crippen molar-refractivity contribution in [3.63, 3.8) is 0 Å². The Bertz CT molecular complexity index is 1000. The highest BCUT2D eigenvalue weighted by atomic mass is 32.1. The SMILES string of the molecule is CC[C@@H]1CNCCN1C(=NC)/C(=C\N)NC(=O)c1nc(-c2c(F)cccc2F)sc1N. The first-order valence-corrected chi connectivity index (χ1v) is 10.6. The van der Waals surface area contributed by atoms with Crippen LogP contribution in [0.3, 0.4) is 0 Å². The van der Waals surface area contributed by atoms with E-state index in [2.05, 4.69) is 32.4 Å². The predicted octanol–water partition coefficient (Wildman–Crippen LogP) is 1.91. The van der Waals surface area contributed by atoms with E-state index in [1.54, 1.807) is 7.05 Å². The molecule has 2 heterocycles. The lowest BCUT2D eigenvalue weighted by Crippen LogP contribution is -2.55. The molecule has 1 fully saturated rings. The summed E-state index contributed by atoms with van der Waals surface area (Å²) >= 11 is 0.831. The minimum atomic E-state index is -0.784. The summed E-state index contributed by atoms with van der Waals surface area (Å²) < 4.78 is 28.2. The van der Waals surface area contributed by atoms with Crippen LogP contribution in [0.2, 0.25) is 0 Å². The van der Waals surface area contributed by atoms with Crippen LogP contribution in [0.1, 0.15) is 23.8 Å². The van der Waals surface area contributed by atoms with Crippen LogP contribution in [0.5, 0.6) is 0 Å². The molecule has 0 unspecified atom stereocenters. The summed E-state index contributed by atoms with van der Waals surface area (Å²) in [6, 6.07) is 3.68. The third kappa shape index (κ3) is 4.67. The molecule has 0 bridgehead atoms. The average Bonchev–Trinajstić information content (AvgIpc) is 3.14. The second-order valence-electron chi connectivity index (χ2n) is 6.87. The molecule has 11 heteroatoms. The van der Waals surface area contributed by atoms with Gasteiger partial charge in [0.2, 0.25) is 0 Å². The summed E-state index contributed by atoms with van der Waals surface area (Å²) in [6.07, 6.45) is 2.14. The molecule has 1 amide bonds. The third-order valence-electron chi connectivity index (χ3n) is 5.01. The number of amides is 1. The van der Waals surface area contributed by atoms with Gasteiger partial charge in [-0.3, -0.25) is 9.79 Å². The maximum atomic E-state index is 14.1. The van der Waals surface area contributed by atoms with Crippen LogP contribution in [0.15, 0.2) is 35.1 Å². The average molecular weight is 450 g/mol. The number of rotatable bonds is 5. The first-order valence-electron chi connectivity index (χ1n) is 9.79. The number of carbonyl (C=O) groups excluding carboxylic acids is 1. The van der Waals surface area contributed by atoms with Gasteiger partial charge in [-0.2, -0.15) is 0 Å². The Balaban J connectivity index is 1.85. The molecule has 1 aliphatic rings. The molecule has 0 aliphatic carbocycles. The summed E-state index contributed by atoms with van der Waals surface area (Å²) in [5.41, 5.74) is 11.6. The zero-order valence-corrected chi connectivity index (χ0v) is 18.1. The Labute approximate surface area is 183 Å². The number of nitrogens with one attached hydrogen (secondary N) is 2. The van der Waals surface area contributed by atoms with Crippen molar-refractivity contribution in [2.45, 2.75) is 19.4 Å². The van der Waals surface area contributed by atoms with E-state index in [1.807, 2.05) is 0 Å². The van der Waals surface area contributed by atoms with Crippen LogP contribution in [-0.4, -0.2) is 54.4 Å². The van der Waals surface area contributed by atoms with Gasteiger partial charge in [-0.05, 0) is 18.6 Å². The molecule has 1 aromatic carbocycles. The summed E-state index contributed by atoms with van der Waals surface area (Å²) in [7, 11) is 1.62. The number of piperazine rings is 1. The number of hydrogen-bond donors (Lipinski definition) is 4. The summed E-state index contributed by atoms with van der Waals surface area (Å²) in [6.45, 7) is 4.34. The molecule has 6 N–H and O–H groups in total. The number of nitrogens with zero attached hydrogens (tertiary/aromatic N) is 3. The Morgan fingerprint density at radius 1 is 1.45 bits per heavy atom. The van der Waals surface area contributed by atoms with Crippen molar-refractivity contribution in [3.05, 3.63) is 47.4 Å². The van der Waals surface area contributed by atoms with Gasteiger partial charge in [0.25, 0.3) is 5.91 Å². The first kappa shape index (κ1) is 22.6. The van der Waals surface area contributed by atoms with Crippen molar-refractivity contribution in [3.8, 4) is 10.6 Å². The Hall–Kier alpha value is -3.05. The molecule has 31 heavy (non-hydrogen) atoms. The van der Waals surface area contributed by atoms with Gasteiger partial charge in [-0.25, -0.2) is 13.8 Å². The number of halogens is 2. The van der Waals surface area contributed by atoms with Crippen molar-refractivity contribution in [1.29, 1.82) is 0 Å². The van der Waals surface area contributed by atoms with Crippen LogP contribution >= 0.6 is 11.3 Å². The molecule has 1 atom stereocenters. The fourth-order valence-corrected chi connectivity index (χ4v) is 4.34. The molecule has 0 saturated carbocycles. The standard InChI is InChI=1S/C20H25F2N7OS/c1-3-11-10-26-7-8-29(11)18(25-2)14(9-23)27-19(30)16-17(24)31-20(28-16)15-12(21)5-4-6-13(15)22/h4-6,9,11,26H,3,7-8,10,23-24H2,1-2H3,(H,27,30)/b14-9+,25-18?/t11-/m1/s1. The maximum Gasteiger partial charge on any atom is 0.277 e. The quantitative estimate of drug-likeness (QED) is 0.409. The number of thiazole rings is 1. The normalized spacial score (nSPS) is 17.7. The van der Waals surface area contributed by atoms with Crippen LogP contribution in [0, 0.1) is 11.6 Å². The lowest BCUT2D eigenvalue weighted by molar-refractivity contribution is 0.0963. The second-order valence-corrected chi connectivity index (χ2v) is 7.90. The smallest absolute Gasteiger partial charge is 0.277 e. The number of aromatic nitrogens is 1. The predicted molar refractivity (Wildman–Crippen MR) is 119 cm³/mol. The van der Waals surface area contributed by atoms with Crippen molar-refractivity contribution < 1.29 is 13.6 Å². The van der Waals surface area contributed by atoms with Crippen molar-refractivity contribution in [2.24, 2.45) is 10.7 Å². The largest absolute Gasteiger partial charge is 0.403 e. The lowest BCUT2D eigenvalue weighted by Gasteiger charge is -2.38. The number of hydrogen-bond acceptors (Lipinski definition) is 7. The number of amidine groups is 1. The van der Waals surface area contributed by atoms with E-state index in [4.69, 9.17) is 11.5 Å². The highest BCUT2D eigenvalue weighted by molar-refractivity contribution is 7.19. The summed E-state index contributed by atoms with van der Waals surface area (Å²) in [5, 5.41) is 6.04. The van der Waals surface area contributed by atoms with Crippen LogP contribution < -0.4 is 22.1 Å². The maximum absolute atomic E-state index is 14.1. The van der Waals surface area contributed by atoms with Crippen LogP contribution in [-0.2, 0) is 0 Å². The van der Waals surface area contributed by atoms with Gasteiger partial charge in [-0.1, -0.05) is 24.3 Å². The van der Waals surface area contributed by atoms with Gasteiger partial charge in [0.05, 0.1) is 11.3 Å². The zero-order valence-electron chi connectivity index (χ0n) is 17.3. The number of anilines is 1. The van der Waals surface area contributed by atoms with E-state index < -0.39 is 17.5 Å². The summed E-state index contributed by atoms with van der Waals surface area (Å²) in [4.78, 5) is 23.4. The molecule has 1 aliphatic heterocycles. The van der Waals surface area contributed by atoms with Crippen molar-refractivity contribution in [2.75, 3.05) is 32.4 Å². The fraction of sp³-hybridized carbons (Fsp3) is 0.350. The molecule has 3 rings (SSSR count). The molecule has 166 valence electrons. The second kappa shape index (κ2) is 9.84. The molecule has 0 spiro atoms. The molecule has 2 aromatic rings. The van der Waals surface area contributed by atoms with Gasteiger partial charge >= 0.3 is 0 Å². The van der Waals surface area contributed by atoms with E-state index >= 15 is 0 Å². The lowest BCUT2D eigenvalue weighted by atomic mass is 10.1. The third-order valence-corrected chi connectivity index (χ3v) is 5.91. The van der Waals surface area contributed by atoms with E-state index in [0.29, 0.717) is 18.1 Å². The van der Waals surface area contributed by atoms with Crippen molar-refractivity contribution >= 4 is 28.1 Å². The van der Waals surface area contributed by atoms with E-state index in [-0.39, 0.29) is 27.3 Å². The molecule has 1 saturated heterocycles. The minimum absolute atomic E-state index is 0.0194.